The average molecular weight is 198 g/mol. The Kier molecular flexibility index (Phi) is 5.38. The molecule has 0 rings (SSSR count). The highest BCUT2D eigenvalue weighted by Gasteiger charge is 2.20. The molecule has 2 nitrogen and oxygen atoms in total. The van der Waals surface area contributed by atoms with Crippen LogP contribution in [-0.2, 0) is 0 Å². The molecule has 0 heterocycles. The van der Waals surface area contributed by atoms with Gasteiger partial charge in [-0.25, -0.2) is 0 Å². The first-order chi connectivity index (χ1) is 6.45. The number of hydrogen-bond acceptors (Lipinski definition) is 2. The molecule has 0 aliphatic carbocycles. The van der Waals surface area contributed by atoms with Gasteiger partial charge in [-0.05, 0) is 25.7 Å². The summed E-state index contributed by atoms with van der Waals surface area (Å²) in [5.74, 6) is 0. The number of rotatable bonds is 6. The summed E-state index contributed by atoms with van der Waals surface area (Å²) < 4.78 is 0. The average Bonchev–Trinajstić information content (AvgIpc) is 2.25. The van der Waals surface area contributed by atoms with Crippen LogP contribution in [0.15, 0.2) is 12.2 Å². The Labute approximate surface area is 88.7 Å². The summed E-state index contributed by atoms with van der Waals surface area (Å²) in [5.41, 5.74) is 12.0. The summed E-state index contributed by atoms with van der Waals surface area (Å²) in [5, 5.41) is 0. The van der Waals surface area contributed by atoms with Crippen molar-refractivity contribution in [3.63, 3.8) is 0 Å². The predicted octanol–water partition coefficient (Wildman–Crippen LogP) is 2.58. The molecule has 0 aliphatic heterocycles. The van der Waals surface area contributed by atoms with E-state index in [4.69, 9.17) is 11.5 Å². The highest BCUT2D eigenvalue weighted by molar-refractivity contribution is 5.11. The maximum Gasteiger partial charge on any atom is 0.0334 e. The molecule has 0 fully saturated rings. The molecule has 0 atom stereocenters. The van der Waals surface area contributed by atoms with Gasteiger partial charge in [0.05, 0.1) is 0 Å². The Bertz CT molecular complexity index is 157. The van der Waals surface area contributed by atoms with E-state index in [0.29, 0.717) is 0 Å². The van der Waals surface area contributed by atoms with Crippen molar-refractivity contribution < 1.29 is 0 Å². The quantitative estimate of drug-likeness (QED) is 0.644. The second-order valence-electron chi connectivity index (χ2n) is 4.21. The van der Waals surface area contributed by atoms with E-state index in [2.05, 4.69) is 39.8 Å². The van der Waals surface area contributed by atoms with Crippen molar-refractivity contribution in [1.29, 1.82) is 0 Å². The molecule has 14 heavy (non-hydrogen) atoms. The van der Waals surface area contributed by atoms with E-state index in [0.717, 1.165) is 25.7 Å². The second-order valence-corrected chi connectivity index (χ2v) is 4.21. The molecule has 84 valence electrons. The molecule has 0 aromatic rings. The van der Waals surface area contributed by atoms with Crippen molar-refractivity contribution in [2.45, 2.75) is 64.5 Å². The summed E-state index contributed by atoms with van der Waals surface area (Å²) in [7, 11) is 0. The second kappa shape index (κ2) is 5.52. The minimum Gasteiger partial charge on any atom is -0.322 e. The van der Waals surface area contributed by atoms with Crippen molar-refractivity contribution in [2.24, 2.45) is 11.5 Å². The van der Waals surface area contributed by atoms with Crippen LogP contribution in [0.1, 0.15) is 53.4 Å². The highest BCUT2D eigenvalue weighted by atomic mass is 14.7. The molecule has 0 radical (unpaired) electrons. The first-order valence-electron chi connectivity index (χ1n) is 5.73. The standard InChI is InChI=1S/C12H26N2/c1-5-11(13,6-2)9-10-12(14,7-3)8-4/h9-10H,5-8,13-14H2,1-4H3. The summed E-state index contributed by atoms with van der Waals surface area (Å²) in [6, 6.07) is 0. The van der Waals surface area contributed by atoms with Gasteiger partial charge in [-0.3, -0.25) is 0 Å². The largest absolute Gasteiger partial charge is 0.322 e. The van der Waals surface area contributed by atoms with Crippen molar-refractivity contribution >= 4 is 0 Å². The summed E-state index contributed by atoms with van der Waals surface area (Å²) >= 11 is 0. The fourth-order valence-corrected chi connectivity index (χ4v) is 1.30. The lowest BCUT2D eigenvalue weighted by Crippen LogP contribution is -2.40. The van der Waals surface area contributed by atoms with E-state index in [1.165, 1.54) is 0 Å². The fraction of sp³-hybridized carbons (Fsp3) is 0.833. The Hall–Kier alpha value is -0.340. The van der Waals surface area contributed by atoms with Crippen LogP contribution in [0.3, 0.4) is 0 Å². The van der Waals surface area contributed by atoms with E-state index < -0.39 is 0 Å². The molecule has 0 aromatic heterocycles. The van der Waals surface area contributed by atoms with Crippen LogP contribution in [0.5, 0.6) is 0 Å². The Morgan fingerprint density at radius 2 is 0.929 bits per heavy atom. The molecule has 0 spiro atoms. The van der Waals surface area contributed by atoms with Crippen molar-refractivity contribution in [1.82, 2.24) is 0 Å². The Morgan fingerprint density at radius 1 is 0.714 bits per heavy atom. The molecule has 0 aromatic carbocycles. The van der Waals surface area contributed by atoms with E-state index in [-0.39, 0.29) is 11.1 Å². The lowest BCUT2D eigenvalue weighted by atomic mass is 9.87. The van der Waals surface area contributed by atoms with Crippen LogP contribution in [0.2, 0.25) is 0 Å². The van der Waals surface area contributed by atoms with Gasteiger partial charge < -0.3 is 11.5 Å². The lowest BCUT2D eigenvalue weighted by molar-refractivity contribution is 0.462. The Balaban J connectivity index is 4.54. The third kappa shape index (κ3) is 3.81. The van der Waals surface area contributed by atoms with Crippen LogP contribution in [0.25, 0.3) is 0 Å². The number of nitrogens with two attached hydrogens (primary N) is 2. The van der Waals surface area contributed by atoms with E-state index in [1.54, 1.807) is 0 Å². The van der Waals surface area contributed by atoms with Gasteiger partial charge in [-0.2, -0.15) is 0 Å². The van der Waals surface area contributed by atoms with Crippen molar-refractivity contribution in [3.05, 3.63) is 12.2 Å². The zero-order valence-electron chi connectivity index (χ0n) is 10.1. The van der Waals surface area contributed by atoms with Crippen LogP contribution < -0.4 is 11.5 Å². The van der Waals surface area contributed by atoms with Crippen molar-refractivity contribution in [2.75, 3.05) is 0 Å². The maximum absolute atomic E-state index is 6.17. The minimum absolute atomic E-state index is 0.172. The monoisotopic (exact) mass is 198 g/mol. The zero-order chi connectivity index (χ0) is 11.2. The van der Waals surface area contributed by atoms with Crippen molar-refractivity contribution in [3.8, 4) is 0 Å². The van der Waals surface area contributed by atoms with Gasteiger partial charge in [0.15, 0.2) is 0 Å². The number of hydrogen-bond donors (Lipinski definition) is 2. The zero-order valence-corrected chi connectivity index (χ0v) is 10.1. The molecular weight excluding hydrogens is 172 g/mol. The highest BCUT2D eigenvalue weighted by Crippen LogP contribution is 2.18. The molecule has 4 N–H and O–H groups in total. The summed E-state index contributed by atoms with van der Waals surface area (Å²) in [4.78, 5) is 0. The molecule has 0 amide bonds. The normalized spacial score (nSPS) is 13.9. The van der Waals surface area contributed by atoms with Crippen LogP contribution >= 0.6 is 0 Å². The smallest absolute Gasteiger partial charge is 0.0334 e. The van der Waals surface area contributed by atoms with E-state index in [1.807, 2.05) is 0 Å². The molecule has 0 aliphatic rings. The minimum atomic E-state index is -0.172. The first-order valence-corrected chi connectivity index (χ1v) is 5.73. The van der Waals surface area contributed by atoms with Gasteiger partial charge in [0, 0.05) is 11.1 Å². The first kappa shape index (κ1) is 13.7. The summed E-state index contributed by atoms with van der Waals surface area (Å²) in [6.07, 6.45) is 8.04. The van der Waals surface area contributed by atoms with Gasteiger partial charge in [0.1, 0.15) is 0 Å². The molecular formula is C12H26N2. The third-order valence-corrected chi connectivity index (χ3v) is 3.38. The SMILES string of the molecule is CCC(N)(C=CC(N)(CC)CC)CC. The lowest BCUT2D eigenvalue weighted by Gasteiger charge is -2.27. The van der Waals surface area contributed by atoms with Gasteiger partial charge in [0.2, 0.25) is 0 Å². The topological polar surface area (TPSA) is 52.0 Å². The van der Waals surface area contributed by atoms with E-state index in [9.17, 15) is 0 Å². The van der Waals surface area contributed by atoms with Crippen LogP contribution in [0.4, 0.5) is 0 Å². The molecule has 0 bridgehead atoms. The molecule has 0 saturated carbocycles. The molecule has 0 unspecified atom stereocenters. The molecule has 0 saturated heterocycles. The van der Waals surface area contributed by atoms with E-state index >= 15 is 0 Å². The van der Waals surface area contributed by atoms with Crippen LogP contribution in [-0.4, -0.2) is 11.1 Å². The van der Waals surface area contributed by atoms with Crippen LogP contribution in [0, 0.1) is 0 Å². The predicted molar refractivity (Wildman–Crippen MR) is 64.1 cm³/mol. The summed E-state index contributed by atoms with van der Waals surface area (Å²) in [6.45, 7) is 8.46. The van der Waals surface area contributed by atoms with Gasteiger partial charge in [-0.1, -0.05) is 39.8 Å². The Morgan fingerprint density at radius 3 is 1.07 bits per heavy atom. The third-order valence-electron chi connectivity index (χ3n) is 3.38. The maximum atomic E-state index is 6.17. The fourth-order valence-electron chi connectivity index (χ4n) is 1.30. The van der Waals surface area contributed by atoms with Gasteiger partial charge >= 0.3 is 0 Å². The van der Waals surface area contributed by atoms with Gasteiger partial charge in [-0.15, -0.1) is 0 Å². The van der Waals surface area contributed by atoms with Gasteiger partial charge in [0.25, 0.3) is 0 Å². The molecule has 2 heteroatoms.